The zero-order valence-electron chi connectivity index (χ0n) is 13.1. The molecular formula is C17H18N2O4. The molecule has 0 radical (unpaired) electrons. The second kappa shape index (κ2) is 6.16. The third-order valence-electron chi connectivity index (χ3n) is 3.76. The summed E-state index contributed by atoms with van der Waals surface area (Å²) < 4.78 is 17.5. The molecule has 1 aliphatic rings. The van der Waals surface area contributed by atoms with Crippen LogP contribution in [0.2, 0.25) is 0 Å². The largest absolute Gasteiger partial charge is 0.465 e. The number of aromatic nitrogens is 2. The van der Waals surface area contributed by atoms with Crippen molar-refractivity contribution in [3.63, 3.8) is 0 Å². The lowest BCUT2D eigenvalue weighted by molar-refractivity contribution is -0.133. The molecular weight excluding hydrogens is 296 g/mol. The van der Waals surface area contributed by atoms with Crippen molar-refractivity contribution in [1.29, 1.82) is 0 Å². The van der Waals surface area contributed by atoms with E-state index in [9.17, 15) is 4.79 Å². The molecule has 0 saturated carbocycles. The highest BCUT2D eigenvalue weighted by Gasteiger charge is 2.30. The molecule has 6 heteroatoms. The van der Waals surface area contributed by atoms with Crippen molar-refractivity contribution >= 4 is 5.97 Å². The van der Waals surface area contributed by atoms with E-state index in [1.165, 1.54) is 25.8 Å². The fourth-order valence-electron chi connectivity index (χ4n) is 2.51. The summed E-state index contributed by atoms with van der Waals surface area (Å²) in [5.74, 6) is -1.11. The third-order valence-corrected chi connectivity index (χ3v) is 3.76. The van der Waals surface area contributed by atoms with Crippen LogP contribution in [0.3, 0.4) is 0 Å². The lowest BCUT2D eigenvalue weighted by Crippen LogP contribution is -2.27. The van der Waals surface area contributed by atoms with E-state index < -0.39 is 11.8 Å². The van der Waals surface area contributed by atoms with Crippen LogP contribution in [0.25, 0.3) is 11.3 Å². The maximum atomic E-state index is 12.0. The van der Waals surface area contributed by atoms with Gasteiger partial charge in [-0.25, -0.2) is 4.79 Å². The topological polar surface area (TPSA) is 62.6 Å². The van der Waals surface area contributed by atoms with Crippen LogP contribution >= 0.6 is 0 Å². The number of hydrogen-bond donors (Lipinski definition) is 0. The number of carbonyl (C=O) groups excluding carboxylic acids is 1. The monoisotopic (exact) mass is 314 g/mol. The lowest BCUT2D eigenvalue weighted by Gasteiger charge is -2.23. The molecule has 0 atom stereocenters. The van der Waals surface area contributed by atoms with Crippen LogP contribution in [0.15, 0.2) is 49.1 Å². The fraction of sp³-hybridized carbons (Fsp3) is 0.294. The van der Waals surface area contributed by atoms with Gasteiger partial charge in [0.15, 0.2) is 0 Å². The summed E-state index contributed by atoms with van der Waals surface area (Å²) in [5, 5.41) is 4.34. The van der Waals surface area contributed by atoms with Crippen molar-refractivity contribution in [2.24, 2.45) is 0 Å². The Hall–Kier alpha value is -2.76. The number of aryl methyl sites for hydroxylation is 1. The van der Waals surface area contributed by atoms with Crippen molar-refractivity contribution in [3.05, 3.63) is 54.6 Å². The number of nitrogens with zero attached hydrogens (tertiary/aromatic N) is 2. The number of esters is 1. The van der Waals surface area contributed by atoms with Gasteiger partial charge in [-0.05, 0) is 0 Å². The van der Waals surface area contributed by atoms with Crippen LogP contribution in [0.5, 0.6) is 0 Å². The van der Waals surface area contributed by atoms with E-state index in [1.54, 1.807) is 4.68 Å². The minimum Gasteiger partial charge on any atom is -0.465 e. The predicted octanol–water partition coefficient (Wildman–Crippen LogP) is 2.96. The van der Waals surface area contributed by atoms with Crippen LogP contribution in [0.4, 0.5) is 0 Å². The van der Waals surface area contributed by atoms with Gasteiger partial charge in [-0.15, -0.1) is 0 Å². The van der Waals surface area contributed by atoms with Crippen LogP contribution in [-0.2, 0) is 20.8 Å². The van der Waals surface area contributed by atoms with Gasteiger partial charge in [0.25, 0.3) is 0 Å². The summed E-state index contributed by atoms with van der Waals surface area (Å²) in [6, 6.07) is 9.64. The Balaban J connectivity index is 1.91. The summed E-state index contributed by atoms with van der Waals surface area (Å²) >= 11 is 0. The summed E-state index contributed by atoms with van der Waals surface area (Å²) in [4.78, 5) is 12.0. The third kappa shape index (κ3) is 3.06. The van der Waals surface area contributed by atoms with E-state index in [-0.39, 0.29) is 0 Å². The first-order valence-electron chi connectivity index (χ1n) is 7.33. The molecule has 2 heterocycles. The molecule has 0 spiro atoms. The van der Waals surface area contributed by atoms with Gasteiger partial charge in [-0.3, -0.25) is 4.68 Å². The standard InChI is InChI=1S/C17H18N2O4/c1-17(22-10-11-23-17)8-9-19-15(13-6-4-3-5-7-13)14(12-18-19)16(20)21-2/h3-7,10-12H,8-9H2,1-2H3. The maximum absolute atomic E-state index is 12.0. The molecule has 1 aromatic carbocycles. The first-order valence-corrected chi connectivity index (χ1v) is 7.33. The molecule has 1 aliphatic heterocycles. The first-order chi connectivity index (χ1) is 11.1. The normalized spacial score (nSPS) is 15.0. The van der Waals surface area contributed by atoms with Gasteiger partial charge in [0, 0.05) is 25.5 Å². The number of rotatable bonds is 5. The molecule has 0 unspecified atom stereocenters. The Kier molecular flexibility index (Phi) is 4.06. The number of hydrogen-bond acceptors (Lipinski definition) is 5. The number of ether oxygens (including phenoxy) is 3. The Labute approximate surface area is 134 Å². The molecule has 1 aromatic heterocycles. The van der Waals surface area contributed by atoms with Crippen molar-refractivity contribution in [1.82, 2.24) is 9.78 Å². The summed E-state index contributed by atoms with van der Waals surface area (Å²) in [7, 11) is 1.36. The molecule has 0 bridgehead atoms. The van der Waals surface area contributed by atoms with Crippen LogP contribution in [0, 0.1) is 0 Å². The molecule has 120 valence electrons. The highest BCUT2D eigenvalue weighted by molar-refractivity contribution is 5.96. The minimum atomic E-state index is -0.703. The average Bonchev–Trinajstić information content (AvgIpc) is 3.20. The number of methoxy groups -OCH3 is 1. The van der Waals surface area contributed by atoms with Crippen LogP contribution in [0.1, 0.15) is 23.7 Å². The van der Waals surface area contributed by atoms with Gasteiger partial charge >= 0.3 is 5.97 Å². The summed E-state index contributed by atoms with van der Waals surface area (Å²) in [6.45, 7) is 2.40. The summed E-state index contributed by atoms with van der Waals surface area (Å²) in [6.07, 6.45) is 5.18. The average molecular weight is 314 g/mol. The van der Waals surface area contributed by atoms with E-state index >= 15 is 0 Å². The van der Waals surface area contributed by atoms with Crippen molar-refractivity contribution in [2.45, 2.75) is 25.7 Å². The van der Waals surface area contributed by atoms with Gasteiger partial charge in [0.1, 0.15) is 18.1 Å². The lowest BCUT2D eigenvalue weighted by atomic mass is 10.1. The molecule has 23 heavy (non-hydrogen) atoms. The minimum absolute atomic E-state index is 0.406. The van der Waals surface area contributed by atoms with E-state index in [0.29, 0.717) is 18.5 Å². The van der Waals surface area contributed by atoms with E-state index in [4.69, 9.17) is 14.2 Å². The molecule has 0 aliphatic carbocycles. The Morgan fingerprint density at radius 3 is 2.61 bits per heavy atom. The smallest absolute Gasteiger partial charge is 0.341 e. The second-order valence-corrected chi connectivity index (χ2v) is 5.38. The van der Waals surface area contributed by atoms with Gasteiger partial charge in [0.2, 0.25) is 5.79 Å². The molecule has 2 aromatic rings. The van der Waals surface area contributed by atoms with Gasteiger partial charge in [-0.1, -0.05) is 30.3 Å². The molecule has 6 nitrogen and oxygen atoms in total. The number of carbonyl (C=O) groups is 1. The van der Waals surface area contributed by atoms with Gasteiger partial charge < -0.3 is 14.2 Å². The zero-order valence-corrected chi connectivity index (χ0v) is 13.1. The maximum Gasteiger partial charge on any atom is 0.341 e. The Morgan fingerprint density at radius 1 is 1.26 bits per heavy atom. The fourth-order valence-corrected chi connectivity index (χ4v) is 2.51. The van der Waals surface area contributed by atoms with Crippen LogP contribution in [-0.4, -0.2) is 28.6 Å². The van der Waals surface area contributed by atoms with E-state index in [1.807, 2.05) is 37.3 Å². The van der Waals surface area contributed by atoms with Gasteiger partial charge in [-0.2, -0.15) is 5.10 Å². The molecule has 0 saturated heterocycles. The van der Waals surface area contributed by atoms with E-state index in [2.05, 4.69) is 5.10 Å². The van der Waals surface area contributed by atoms with E-state index in [0.717, 1.165) is 11.3 Å². The van der Waals surface area contributed by atoms with Gasteiger partial charge in [0.05, 0.1) is 19.0 Å². The Morgan fingerprint density at radius 2 is 1.96 bits per heavy atom. The highest BCUT2D eigenvalue weighted by Crippen LogP contribution is 2.28. The van der Waals surface area contributed by atoms with Crippen molar-refractivity contribution < 1.29 is 19.0 Å². The number of benzene rings is 1. The molecule has 3 rings (SSSR count). The zero-order chi connectivity index (χ0) is 16.3. The SMILES string of the molecule is COC(=O)c1cnn(CCC2(C)OC=CO2)c1-c1ccccc1. The van der Waals surface area contributed by atoms with Crippen molar-refractivity contribution in [3.8, 4) is 11.3 Å². The molecule has 0 amide bonds. The molecule has 0 N–H and O–H groups in total. The molecule has 0 fully saturated rings. The Bertz CT molecular complexity index is 713. The predicted molar refractivity (Wildman–Crippen MR) is 83.3 cm³/mol. The first kappa shape index (κ1) is 15.1. The van der Waals surface area contributed by atoms with Crippen molar-refractivity contribution in [2.75, 3.05) is 7.11 Å². The second-order valence-electron chi connectivity index (χ2n) is 5.38. The quantitative estimate of drug-likeness (QED) is 0.794. The van der Waals surface area contributed by atoms with Crippen LogP contribution < -0.4 is 0 Å². The highest BCUT2D eigenvalue weighted by atomic mass is 16.7. The summed E-state index contributed by atoms with van der Waals surface area (Å²) in [5.41, 5.74) is 2.07.